The molecule has 4 nitrogen and oxygen atoms in total. The average molecular weight is 320 g/mol. The summed E-state index contributed by atoms with van der Waals surface area (Å²) in [6, 6.07) is 8.89. The van der Waals surface area contributed by atoms with Crippen molar-refractivity contribution in [1.29, 1.82) is 0 Å². The Labute approximate surface area is 135 Å². The summed E-state index contributed by atoms with van der Waals surface area (Å²) in [5.74, 6) is 0.0698. The van der Waals surface area contributed by atoms with E-state index < -0.39 is 0 Å². The molecule has 1 aromatic carbocycles. The highest BCUT2D eigenvalue weighted by Gasteiger charge is 2.24. The zero-order chi connectivity index (χ0) is 15.5. The summed E-state index contributed by atoms with van der Waals surface area (Å²) in [6.07, 6.45) is 6.67. The van der Waals surface area contributed by atoms with Gasteiger partial charge >= 0.3 is 0 Å². The number of para-hydroxylation sites is 1. The number of nitrogens with zero attached hydrogens (tertiary/aromatic N) is 1. The minimum Gasteiger partial charge on any atom is -0.353 e. The van der Waals surface area contributed by atoms with Crippen LogP contribution >= 0.6 is 11.6 Å². The first-order chi connectivity index (χ1) is 10.7. The van der Waals surface area contributed by atoms with Crippen molar-refractivity contribution in [3.63, 3.8) is 0 Å². The molecule has 1 heterocycles. The van der Waals surface area contributed by atoms with E-state index in [0.29, 0.717) is 19.0 Å². The molecule has 1 saturated carbocycles. The molecule has 1 aromatic heterocycles. The molecule has 2 aromatic rings. The van der Waals surface area contributed by atoms with E-state index in [-0.39, 0.29) is 11.9 Å². The molecule has 5 heteroatoms. The molecular formula is C17H22ClN3O. The third kappa shape index (κ3) is 3.13. The van der Waals surface area contributed by atoms with Crippen LogP contribution in [0.1, 0.15) is 38.1 Å². The van der Waals surface area contributed by atoms with Gasteiger partial charge in [-0.3, -0.25) is 4.79 Å². The van der Waals surface area contributed by atoms with Crippen molar-refractivity contribution in [1.82, 2.24) is 9.88 Å². The third-order valence-electron chi connectivity index (χ3n) is 4.52. The van der Waals surface area contributed by atoms with Crippen LogP contribution in [0.3, 0.4) is 0 Å². The molecule has 22 heavy (non-hydrogen) atoms. The van der Waals surface area contributed by atoms with Crippen molar-refractivity contribution in [3.05, 3.63) is 35.5 Å². The van der Waals surface area contributed by atoms with Crippen molar-refractivity contribution >= 4 is 28.4 Å². The highest BCUT2D eigenvalue weighted by molar-refractivity contribution is 6.35. The van der Waals surface area contributed by atoms with Gasteiger partial charge < -0.3 is 15.6 Å². The number of nitrogens with one attached hydrogen (secondary N) is 1. The first kappa shape index (κ1) is 15.4. The quantitative estimate of drug-likeness (QED) is 0.908. The number of nitrogens with two attached hydrogens (primary N) is 1. The number of hydrogen-bond acceptors (Lipinski definition) is 2. The van der Waals surface area contributed by atoms with Gasteiger partial charge in [0.1, 0.15) is 0 Å². The molecule has 1 amide bonds. The largest absolute Gasteiger partial charge is 0.353 e. The monoisotopic (exact) mass is 319 g/mol. The van der Waals surface area contributed by atoms with Crippen LogP contribution in [0.5, 0.6) is 0 Å². The smallest absolute Gasteiger partial charge is 0.221 e. The fourth-order valence-corrected chi connectivity index (χ4v) is 3.69. The van der Waals surface area contributed by atoms with E-state index in [4.69, 9.17) is 17.3 Å². The van der Waals surface area contributed by atoms with Gasteiger partial charge in [-0.05, 0) is 37.8 Å². The highest BCUT2D eigenvalue weighted by Crippen LogP contribution is 2.34. The molecule has 0 bridgehead atoms. The van der Waals surface area contributed by atoms with E-state index in [1.807, 2.05) is 12.1 Å². The van der Waals surface area contributed by atoms with Gasteiger partial charge in [-0.1, -0.05) is 23.7 Å². The topological polar surface area (TPSA) is 60.1 Å². The van der Waals surface area contributed by atoms with Crippen molar-refractivity contribution in [2.45, 2.75) is 44.2 Å². The molecule has 1 fully saturated rings. The van der Waals surface area contributed by atoms with Crippen molar-refractivity contribution in [2.24, 2.45) is 5.73 Å². The Morgan fingerprint density at radius 2 is 2.05 bits per heavy atom. The average Bonchev–Trinajstić information content (AvgIpc) is 2.94. The van der Waals surface area contributed by atoms with E-state index in [1.165, 1.54) is 5.39 Å². The molecule has 0 radical (unpaired) electrons. The minimum atomic E-state index is 0.0698. The zero-order valence-corrected chi connectivity index (χ0v) is 13.4. The van der Waals surface area contributed by atoms with Crippen molar-refractivity contribution < 1.29 is 4.79 Å². The van der Waals surface area contributed by atoms with Crippen LogP contribution in [-0.4, -0.2) is 23.1 Å². The van der Waals surface area contributed by atoms with E-state index in [9.17, 15) is 4.79 Å². The molecule has 1 aliphatic carbocycles. The Kier molecular flexibility index (Phi) is 4.69. The van der Waals surface area contributed by atoms with Gasteiger partial charge in [0.2, 0.25) is 5.91 Å². The summed E-state index contributed by atoms with van der Waals surface area (Å²) >= 11 is 6.37. The SMILES string of the molecule is NCCC(=O)NC1CCC(n2ccc3cccc(Cl)c32)CC1. The number of fused-ring (bicyclic) bond motifs is 1. The number of carbonyl (C=O) groups excluding carboxylic acids is 1. The van der Waals surface area contributed by atoms with Crippen LogP contribution in [0.2, 0.25) is 5.02 Å². The van der Waals surface area contributed by atoms with Crippen LogP contribution < -0.4 is 11.1 Å². The van der Waals surface area contributed by atoms with Gasteiger partial charge in [0.05, 0.1) is 10.5 Å². The standard InChI is InChI=1S/C17H22ClN3O/c18-15-3-1-2-12-9-11-21(17(12)15)14-6-4-13(5-7-14)20-16(22)8-10-19/h1-3,9,11,13-14H,4-8,10,19H2,(H,20,22). The Balaban J connectivity index is 1.67. The Morgan fingerprint density at radius 3 is 2.77 bits per heavy atom. The second-order valence-electron chi connectivity index (χ2n) is 6.01. The van der Waals surface area contributed by atoms with Crippen LogP contribution in [0.15, 0.2) is 30.5 Å². The number of benzene rings is 1. The molecule has 0 saturated heterocycles. The van der Waals surface area contributed by atoms with Crippen LogP contribution in [0, 0.1) is 0 Å². The first-order valence-electron chi connectivity index (χ1n) is 7.93. The Hall–Kier alpha value is -1.52. The van der Waals surface area contributed by atoms with E-state index >= 15 is 0 Å². The zero-order valence-electron chi connectivity index (χ0n) is 12.6. The maximum atomic E-state index is 11.6. The summed E-state index contributed by atoms with van der Waals surface area (Å²) in [6.45, 7) is 0.412. The van der Waals surface area contributed by atoms with Gasteiger partial charge in [0.15, 0.2) is 0 Å². The van der Waals surface area contributed by atoms with E-state index in [0.717, 1.165) is 36.2 Å². The first-order valence-corrected chi connectivity index (χ1v) is 8.31. The lowest BCUT2D eigenvalue weighted by Crippen LogP contribution is -2.38. The number of halogens is 1. The van der Waals surface area contributed by atoms with Crippen LogP contribution in [0.25, 0.3) is 10.9 Å². The van der Waals surface area contributed by atoms with Crippen LogP contribution in [0.4, 0.5) is 0 Å². The molecule has 0 spiro atoms. The van der Waals surface area contributed by atoms with Gasteiger partial charge in [-0.2, -0.15) is 0 Å². The minimum absolute atomic E-state index is 0.0698. The number of amides is 1. The second-order valence-corrected chi connectivity index (χ2v) is 6.42. The lowest BCUT2D eigenvalue weighted by atomic mass is 9.90. The van der Waals surface area contributed by atoms with Crippen molar-refractivity contribution in [2.75, 3.05) is 6.54 Å². The Morgan fingerprint density at radius 1 is 1.27 bits per heavy atom. The maximum absolute atomic E-state index is 11.6. The Bertz CT molecular complexity index is 659. The molecule has 3 N–H and O–H groups in total. The lowest BCUT2D eigenvalue weighted by molar-refractivity contribution is -0.121. The van der Waals surface area contributed by atoms with Gasteiger partial charge in [0.25, 0.3) is 0 Å². The summed E-state index contributed by atoms with van der Waals surface area (Å²) in [4.78, 5) is 11.6. The predicted molar refractivity (Wildman–Crippen MR) is 90.1 cm³/mol. The summed E-state index contributed by atoms with van der Waals surface area (Å²) < 4.78 is 2.30. The van der Waals surface area contributed by atoms with Crippen LogP contribution in [-0.2, 0) is 4.79 Å². The highest BCUT2D eigenvalue weighted by atomic mass is 35.5. The summed E-state index contributed by atoms with van der Waals surface area (Å²) in [7, 11) is 0. The normalized spacial score (nSPS) is 21.9. The third-order valence-corrected chi connectivity index (χ3v) is 4.82. The fourth-order valence-electron chi connectivity index (χ4n) is 3.41. The van der Waals surface area contributed by atoms with E-state index in [2.05, 4.69) is 28.2 Å². The summed E-state index contributed by atoms with van der Waals surface area (Å²) in [5.41, 5.74) is 6.54. The number of aromatic nitrogens is 1. The number of rotatable bonds is 4. The molecule has 0 unspecified atom stereocenters. The maximum Gasteiger partial charge on any atom is 0.221 e. The molecule has 0 atom stereocenters. The predicted octanol–water partition coefficient (Wildman–Crippen LogP) is 3.24. The van der Waals surface area contributed by atoms with Gasteiger partial charge in [0, 0.05) is 36.6 Å². The molecule has 1 aliphatic rings. The molecular weight excluding hydrogens is 298 g/mol. The van der Waals surface area contributed by atoms with Gasteiger partial charge in [-0.15, -0.1) is 0 Å². The molecule has 0 aliphatic heterocycles. The fraction of sp³-hybridized carbons (Fsp3) is 0.471. The number of carbonyl (C=O) groups is 1. The molecule has 3 rings (SSSR count). The lowest BCUT2D eigenvalue weighted by Gasteiger charge is -2.30. The van der Waals surface area contributed by atoms with E-state index in [1.54, 1.807) is 0 Å². The van der Waals surface area contributed by atoms with Gasteiger partial charge in [-0.25, -0.2) is 0 Å². The van der Waals surface area contributed by atoms with Crippen molar-refractivity contribution in [3.8, 4) is 0 Å². The summed E-state index contributed by atoms with van der Waals surface area (Å²) in [5, 5.41) is 5.07. The number of hydrogen-bond donors (Lipinski definition) is 2. The second kappa shape index (κ2) is 6.71. The molecule has 118 valence electrons.